The molecule has 1 aliphatic rings. The van der Waals surface area contributed by atoms with E-state index in [2.05, 4.69) is 24.5 Å². The van der Waals surface area contributed by atoms with Gasteiger partial charge >= 0.3 is 0 Å². The van der Waals surface area contributed by atoms with Crippen LogP contribution in [0.2, 0.25) is 0 Å². The highest BCUT2D eigenvalue weighted by atomic mass is 16.3. The molecule has 0 spiro atoms. The minimum absolute atomic E-state index is 0.0174. The number of hydrogen-bond donors (Lipinski definition) is 2. The largest absolute Gasteiger partial charge is 0.459 e. The lowest BCUT2D eigenvalue weighted by Crippen LogP contribution is -2.41. The Morgan fingerprint density at radius 1 is 1.47 bits per heavy atom. The Bertz CT molecular complexity index is 451. The second-order valence-electron chi connectivity index (χ2n) is 5.83. The summed E-state index contributed by atoms with van der Waals surface area (Å²) in [7, 11) is 0. The van der Waals surface area contributed by atoms with E-state index in [0.717, 1.165) is 19.3 Å². The summed E-state index contributed by atoms with van der Waals surface area (Å²) in [6.45, 7) is 4.39. The highest BCUT2D eigenvalue weighted by molar-refractivity contribution is 5.94. The van der Waals surface area contributed by atoms with Crippen molar-refractivity contribution in [2.45, 2.75) is 39.2 Å². The monoisotopic (exact) mass is 264 g/mol. The van der Waals surface area contributed by atoms with Crippen molar-refractivity contribution in [1.82, 2.24) is 10.6 Å². The number of nitrogens with one attached hydrogen (secondary N) is 2. The minimum atomic E-state index is -0.369. The number of rotatable bonds is 4. The van der Waals surface area contributed by atoms with Crippen LogP contribution in [0.5, 0.6) is 0 Å². The molecule has 19 heavy (non-hydrogen) atoms. The Balaban J connectivity index is 1.72. The van der Waals surface area contributed by atoms with Crippen LogP contribution in [0.15, 0.2) is 22.8 Å². The smallest absolute Gasteiger partial charge is 0.287 e. The molecule has 1 saturated carbocycles. The van der Waals surface area contributed by atoms with E-state index in [-0.39, 0.29) is 30.2 Å². The summed E-state index contributed by atoms with van der Waals surface area (Å²) in [6.07, 6.45) is 4.54. The SMILES string of the molecule is CC1(C)CCC(NC(=O)CNC(=O)c2ccco2)C1. The maximum Gasteiger partial charge on any atom is 0.287 e. The van der Waals surface area contributed by atoms with Crippen LogP contribution >= 0.6 is 0 Å². The van der Waals surface area contributed by atoms with Gasteiger partial charge in [-0.2, -0.15) is 0 Å². The first-order chi connectivity index (χ1) is 8.96. The Labute approximate surface area is 112 Å². The molecule has 1 fully saturated rings. The van der Waals surface area contributed by atoms with Gasteiger partial charge in [-0.25, -0.2) is 0 Å². The third kappa shape index (κ3) is 3.84. The van der Waals surface area contributed by atoms with Gasteiger partial charge in [-0.3, -0.25) is 9.59 Å². The molecule has 0 saturated heterocycles. The molecule has 1 aromatic rings. The lowest BCUT2D eigenvalue weighted by molar-refractivity contribution is -0.120. The van der Waals surface area contributed by atoms with E-state index < -0.39 is 0 Å². The second kappa shape index (κ2) is 5.47. The van der Waals surface area contributed by atoms with Crippen LogP contribution in [0, 0.1) is 5.41 Å². The third-order valence-electron chi connectivity index (χ3n) is 3.49. The first-order valence-electron chi connectivity index (χ1n) is 6.57. The lowest BCUT2D eigenvalue weighted by Gasteiger charge is -2.17. The summed E-state index contributed by atoms with van der Waals surface area (Å²) in [6, 6.07) is 3.42. The number of amides is 2. The third-order valence-corrected chi connectivity index (χ3v) is 3.49. The van der Waals surface area contributed by atoms with Crippen molar-refractivity contribution in [2.24, 2.45) is 5.41 Å². The zero-order valence-corrected chi connectivity index (χ0v) is 11.4. The molecule has 1 unspecified atom stereocenters. The zero-order valence-electron chi connectivity index (χ0n) is 11.4. The van der Waals surface area contributed by atoms with Gasteiger partial charge in [0.2, 0.25) is 5.91 Å². The van der Waals surface area contributed by atoms with Gasteiger partial charge in [0.05, 0.1) is 12.8 Å². The fraction of sp³-hybridized carbons (Fsp3) is 0.571. The molecule has 1 aliphatic carbocycles. The second-order valence-corrected chi connectivity index (χ2v) is 5.83. The zero-order chi connectivity index (χ0) is 13.9. The van der Waals surface area contributed by atoms with E-state index in [1.807, 2.05) is 0 Å². The molecule has 2 N–H and O–H groups in total. The van der Waals surface area contributed by atoms with Crippen molar-refractivity contribution in [3.05, 3.63) is 24.2 Å². The molecule has 0 aromatic carbocycles. The van der Waals surface area contributed by atoms with E-state index >= 15 is 0 Å². The van der Waals surface area contributed by atoms with E-state index in [0.29, 0.717) is 5.41 Å². The van der Waals surface area contributed by atoms with Crippen LogP contribution in [0.4, 0.5) is 0 Å². The van der Waals surface area contributed by atoms with E-state index in [4.69, 9.17) is 4.42 Å². The molecule has 1 aromatic heterocycles. The van der Waals surface area contributed by atoms with Crippen molar-refractivity contribution in [1.29, 1.82) is 0 Å². The van der Waals surface area contributed by atoms with Crippen LogP contribution in [0.25, 0.3) is 0 Å². The highest BCUT2D eigenvalue weighted by Crippen LogP contribution is 2.36. The molecule has 104 valence electrons. The maximum atomic E-state index is 11.7. The van der Waals surface area contributed by atoms with Crippen molar-refractivity contribution in [3.8, 4) is 0 Å². The van der Waals surface area contributed by atoms with Gasteiger partial charge in [-0.15, -0.1) is 0 Å². The molecule has 0 bridgehead atoms. The van der Waals surface area contributed by atoms with Crippen LogP contribution in [-0.2, 0) is 4.79 Å². The molecule has 1 heterocycles. The molecule has 5 heteroatoms. The van der Waals surface area contributed by atoms with Gasteiger partial charge in [0.25, 0.3) is 5.91 Å². The molecule has 2 amide bonds. The lowest BCUT2D eigenvalue weighted by atomic mass is 9.92. The van der Waals surface area contributed by atoms with Gasteiger partial charge in [0, 0.05) is 6.04 Å². The Kier molecular flexibility index (Phi) is 3.93. The van der Waals surface area contributed by atoms with E-state index in [1.165, 1.54) is 6.26 Å². The average Bonchev–Trinajstić information content (AvgIpc) is 2.96. The molecular weight excluding hydrogens is 244 g/mol. The van der Waals surface area contributed by atoms with Gasteiger partial charge < -0.3 is 15.1 Å². The molecule has 0 aliphatic heterocycles. The predicted octanol–water partition coefficient (Wildman–Crippen LogP) is 1.70. The number of carbonyl (C=O) groups excluding carboxylic acids is 2. The normalized spacial score (nSPS) is 21.1. The van der Waals surface area contributed by atoms with Crippen LogP contribution in [-0.4, -0.2) is 24.4 Å². The topological polar surface area (TPSA) is 71.3 Å². The van der Waals surface area contributed by atoms with E-state index in [9.17, 15) is 9.59 Å². The summed E-state index contributed by atoms with van der Waals surface area (Å²) in [5.41, 5.74) is 0.301. The van der Waals surface area contributed by atoms with Crippen LogP contribution in [0.1, 0.15) is 43.7 Å². The highest BCUT2D eigenvalue weighted by Gasteiger charge is 2.31. The predicted molar refractivity (Wildman–Crippen MR) is 70.6 cm³/mol. The van der Waals surface area contributed by atoms with Gasteiger partial charge in [-0.1, -0.05) is 13.8 Å². The Morgan fingerprint density at radius 2 is 2.26 bits per heavy atom. The Morgan fingerprint density at radius 3 is 2.84 bits per heavy atom. The van der Waals surface area contributed by atoms with Crippen LogP contribution in [0.3, 0.4) is 0 Å². The number of hydrogen-bond acceptors (Lipinski definition) is 3. The van der Waals surface area contributed by atoms with Gasteiger partial charge in [0.15, 0.2) is 5.76 Å². The quantitative estimate of drug-likeness (QED) is 0.869. The maximum absolute atomic E-state index is 11.7. The fourth-order valence-electron chi connectivity index (χ4n) is 2.49. The van der Waals surface area contributed by atoms with Crippen molar-refractivity contribution >= 4 is 11.8 Å². The van der Waals surface area contributed by atoms with Crippen molar-refractivity contribution in [2.75, 3.05) is 6.54 Å². The number of carbonyl (C=O) groups is 2. The van der Waals surface area contributed by atoms with Crippen molar-refractivity contribution in [3.63, 3.8) is 0 Å². The summed E-state index contributed by atoms with van der Waals surface area (Å²) >= 11 is 0. The van der Waals surface area contributed by atoms with E-state index in [1.54, 1.807) is 12.1 Å². The first-order valence-corrected chi connectivity index (χ1v) is 6.57. The Hall–Kier alpha value is -1.78. The molecule has 1 atom stereocenters. The molecule has 5 nitrogen and oxygen atoms in total. The molecule has 0 radical (unpaired) electrons. The van der Waals surface area contributed by atoms with Crippen molar-refractivity contribution < 1.29 is 14.0 Å². The minimum Gasteiger partial charge on any atom is -0.459 e. The van der Waals surface area contributed by atoms with Crippen LogP contribution < -0.4 is 10.6 Å². The molecule has 2 rings (SSSR count). The van der Waals surface area contributed by atoms with Gasteiger partial charge in [-0.05, 0) is 36.8 Å². The summed E-state index contributed by atoms with van der Waals surface area (Å²) < 4.78 is 4.94. The summed E-state index contributed by atoms with van der Waals surface area (Å²) in [4.78, 5) is 23.3. The first kappa shape index (κ1) is 13.6. The number of furan rings is 1. The molecular formula is C14H20N2O3. The summed E-state index contributed by atoms with van der Waals surface area (Å²) in [5.74, 6) is -0.302. The standard InChI is InChI=1S/C14H20N2O3/c1-14(2)6-5-10(8-14)16-12(17)9-15-13(18)11-4-3-7-19-11/h3-4,7,10H,5-6,8-9H2,1-2H3,(H,15,18)(H,16,17). The summed E-state index contributed by atoms with van der Waals surface area (Å²) in [5, 5.41) is 5.49. The fourth-order valence-corrected chi connectivity index (χ4v) is 2.49. The average molecular weight is 264 g/mol. The van der Waals surface area contributed by atoms with Gasteiger partial charge in [0.1, 0.15) is 0 Å².